The highest BCUT2D eigenvalue weighted by molar-refractivity contribution is 6.22. The fourth-order valence-corrected chi connectivity index (χ4v) is 9.25. The molecule has 0 amide bonds. The summed E-state index contributed by atoms with van der Waals surface area (Å²) < 4.78 is 6.88. The summed E-state index contributed by atoms with van der Waals surface area (Å²) in [7, 11) is 0. The summed E-state index contributed by atoms with van der Waals surface area (Å²) in [6.07, 6.45) is 0. The van der Waals surface area contributed by atoms with E-state index in [0.717, 1.165) is 60.9 Å². The van der Waals surface area contributed by atoms with E-state index in [0.29, 0.717) is 0 Å². The lowest BCUT2D eigenvalue weighted by Crippen LogP contribution is -2.28. The van der Waals surface area contributed by atoms with Crippen molar-refractivity contribution < 1.29 is 4.42 Å². The van der Waals surface area contributed by atoms with Gasteiger partial charge in [-0.05, 0) is 87.0 Å². The molecule has 0 aliphatic heterocycles. The van der Waals surface area contributed by atoms with Gasteiger partial charge in [0.05, 0.1) is 11.1 Å². The lowest BCUT2D eigenvalue weighted by molar-refractivity contribution is 0.673. The molecule has 55 heavy (non-hydrogen) atoms. The maximum absolute atomic E-state index is 6.88. The van der Waals surface area contributed by atoms with Gasteiger partial charge in [-0.2, -0.15) is 0 Å². The quantitative estimate of drug-likeness (QED) is 0.172. The van der Waals surface area contributed by atoms with E-state index in [1.807, 2.05) is 0 Å². The molecule has 0 saturated carbocycles. The molecule has 258 valence electrons. The third-order valence-corrected chi connectivity index (χ3v) is 11.5. The summed E-state index contributed by atoms with van der Waals surface area (Å²) in [5.74, 6) is 0. The third kappa shape index (κ3) is 4.68. The molecule has 11 rings (SSSR count). The van der Waals surface area contributed by atoms with Crippen LogP contribution in [0.2, 0.25) is 0 Å². The Hall–Kier alpha value is -7.16. The molecule has 2 heteroatoms. The molecule has 0 bridgehead atoms. The number of hydrogen-bond acceptors (Lipinski definition) is 2. The van der Waals surface area contributed by atoms with Crippen LogP contribution in [0.15, 0.2) is 217 Å². The maximum atomic E-state index is 6.88. The van der Waals surface area contributed by atoms with Gasteiger partial charge < -0.3 is 9.32 Å². The van der Waals surface area contributed by atoms with Crippen LogP contribution in [0.3, 0.4) is 0 Å². The first kappa shape index (κ1) is 31.4. The van der Waals surface area contributed by atoms with E-state index < -0.39 is 5.41 Å². The minimum absolute atomic E-state index is 0.480. The number of benzene rings is 9. The van der Waals surface area contributed by atoms with Gasteiger partial charge in [0.25, 0.3) is 0 Å². The van der Waals surface area contributed by atoms with Crippen molar-refractivity contribution in [1.29, 1.82) is 0 Å². The van der Waals surface area contributed by atoms with Gasteiger partial charge >= 0.3 is 0 Å². The highest BCUT2D eigenvalue weighted by Gasteiger charge is 2.46. The van der Waals surface area contributed by atoms with Crippen LogP contribution in [0.5, 0.6) is 0 Å². The molecule has 1 aliphatic rings. The Morgan fingerprint density at radius 1 is 0.382 bits per heavy atom. The number of fused-ring (bicyclic) bond motifs is 8. The second-order valence-electron chi connectivity index (χ2n) is 14.4. The Morgan fingerprint density at radius 3 is 1.60 bits per heavy atom. The highest BCUT2D eigenvalue weighted by Crippen LogP contribution is 2.57. The third-order valence-electron chi connectivity index (χ3n) is 11.5. The molecular formula is C53H35NO. The zero-order valence-electron chi connectivity index (χ0n) is 30.1. The van der Waals surface area contributed by atoms with Gasteiger partial charge in [0.15, 0.2) is 0 Å². The van der Waals surface area contributed by atoms with Crippen LogP contribution in [0.4, 0.5) is 17.1 Å². The number of furan rings is 1. The molecule has 2 nitrogen and oxygen atoms in total. The zero-order chi connectivity index (χ0) is 36.3. The van der Waals surface area contributed by atoms with Crippen molar-refractivity contribution >= 4 is 49.8 Å². The van der Waals surface area contributed by atoms with Gasteiger partial charge in [0.2, 0.25) is 0 Å². The number of para-hydroxylation sites is 2. The van der Waals surface area contributed by atoms with Crippen LogP contribution < -0.4 is 4.90 Å². The van der Waals surface area contributed by atoms with E-state index in [1.165, 1.54) is 33.4 Å². The van der Waals surface area contributed by atoms with Crippen LogP contribution in [0.1, 0.15) is 22.3 Å². The van der Waals surface area contributed by atoms with Gasteiger partial charge in [-0.15, -0.1) is 0 Å². The Bertz CT molecular complexity index is 2940. The molecule has 1 aromatic heterocycles. The fraction of sp³-hybridized carbons (Fsp3) is 0.0189. The molecular weight excluding hydrogens is 667 g/mol. The molecule has 10 aromatic rings. The monoisotopic (exact) mass is 701 g/mol. The average Bonchev–Trinajstić information content (AvgIpc) is 3.79. The Morgan fingerprint density at radius 2 is 0.927 bits per heavy atom. The first-order chi connectivity index (χ1) is 27.3. The van der Waals surface area contributed by atoms with E-state index in [9.17, 15) is 0 Å². The summed E-state index contributed by atoms with van der Waals surface area (Å²) >= 11 is 0. The predicted octanol–water partition coefficient (Wildman–Crippen LogP) is 14.2. The fourth-order valence-electron chi connectivity index (χ4n) is 9.25. The number of rotatable bonds is 6. The van der Waals surface area contributed by atoms with Crippen molar-refractivity contribution in [2.24, 2.45) is 0 Å². The molecule has 0 saturated heterocycles. The minimum atomic E-state index is -0.480. The maximum Gasteiger partial charge on any atom is 0.143 e. The highest BCUT2D eigenvalue weighted by atomic mass is 16.3. The predicted molar refractivity (Wildman–Crippen MR) is 229 cm³/mol. The summed E-state index contributed by atoms with van der Waals surface area (Å²) in [6.45, 7) is 0. The van der Waals surface area contributed by atoms with Crippen LogP contribution in [0, 0.1) is 0 Å². The van der Waals surface area contributed by atoms with Gasteiger partial charge in [-0.1, -0.05) is 170 Å². The summed E-state index contributed by atoms with van der Waals surface area (Å²) in [5, 5.41) is 4.43. The van der Waals surface area contributed by atoms with Gasteiger partial charge in [0, 0.05) is 32.9 Å². The smallest absolute Gasteiger partial charge is 0.143 e. The molecule has 0 N–H and O–H groups in total. The van der Waals surface area contributed by atoms with Crippen molar-refractivity contribution in [3.63, 3.8) is 0 Å². The number of nitrogens with zero attached hydrogens (tertiary/aromatic N) is 1. The molecule has 9 aromatic carbocycles. The van der Waals surface area contributed by atoms with Gasteiger partial charge in [-0.25, -0.2) is 0 Å². The van der Waals surface area contributed by atoms with E-state index in [2.05, 4.69) is 217 Å². The normalized spacial score (nSPS) is 12.9. The number of anilines is 3. The van der Waals surface area contributed by atoms with Gasteiger partial charge in [0.1, 0.15) is 11.2 Å². The summed E-state index contributed by atoms with van der Waals surface area (Å²) in [6, 6.07) is 76.8. The van der Waals surface area contributed by atoms with Gasteiger partial charge in [-0.3, -0.25) is 0 Å². The van der Waals surface area contributed by atoms with Crippen molar-refractivity contribution in [2.75, 3.05) is 4.90 Å². The topological polar surface area (TPSA) is 16.4 Å². The molecule has 0 radical (unpaired) electrons. The van der Waals surface area contributed by atoms with Crippen LogP contribution >= 0.6 is 0 Å². The van der Waals surface area contributed by atoms with E-state index >= 15 is 0 Å². The first-order valence-electron chi connectivity index (χ1n) is 18.9. The second kappa shape index (κ2) is 12.5. The van der Waals surface area contributed by atoms with Crippen LogP contribution in [-0.4, -0.2) is 0 Å². The molecule has 0 unspecified atom stereocenters. The van der Waals surface area contributed by atoms with E-state index in [1.54, 1.807) is 0 Å². The Kier molecular flexibility index (Phi) is 7.11. The van der Waals surface area contributed by atoms with Crippen LogP contribution in [-0.2, 0) is 5.41 Å². The molecule has 1 aliphatic carbocycles. The molecule has 1 heterocycles. The zero-order valence-corrected chi connectivity index (χ0v) is 30.1. The minimum Gasteiger partial charge on any atom is -0.455 e. The average molecular weight is 702 g/mol. The van der Waals surface area contributed by atoms with Crippen molar-refractivity contribution in [3.05, 3.63) is 235 Å². The first-order valence-corrected chi connectivity index (χ1v) is 18.9. The lowest BCUT2D eigenvalue weighted by atomic mass is 9.67. The SMILES string of the molecule is c1ccc(N(c2ccccc2)c2cc3c(oc4cccc(-c5ccc6c(c5)C(c5ccccc5)(c5ccccc5)c5ccccc5-6)c43)c3ccccc23)cc1. The summed E-state index contributed by atoms with van der Waals surface area (Å²) in [5.41, 5.74) is 14.6. The Balaban J connectivity index is 1.20. The standard InChI is InChI=1S/C53H35NO/c1-5-18-37(19-6-1)53(38-20-7-2-8-21-38)47-30-16-15-26-42(47)43-33-32-36(34-48(43)53)41-29-17-31-50-51(41)46-35-49(44-27-13-14-28-45(44)52(46)55-50)54(39-22-9-3-10-23-39)40-24-11-4-12-25-40/h1-35H. The van der Waals surface area contributed by atoms with Crippen molar-refractivity contribution in [2.45, 2.75) is 5.41 Å². The number of hydrogen-bond donors (Lipinski definition) is 0. The largest absolute Gasteiger partial charge is 0.455 e. The van der Waals surface area contributed by atoms with Crippen LogP contribution in [0.25, 0.3) is 55.0 Å². The summed E-state index contributed by atoms with van der Waals surface area (Å²) in [4.78, 5) is 2.36. The molecule has 0 fully saturated rings. The second-order valence-corrected chi connectivity index (χ2v) is 14.4. The van der Waals surface area contributed by atoms with E-state index in [-0.39, 0.29) is 0 Å². The lowest BCUT2D eigenvalue weighted by Gasteiger charge is -2.34. The van der Waals surface area contributed by atoms with Crippen molar-refractivity contribution in [1.82, 2.24) is 0 Å². The van der Waals surface area contributed by atoms with Crippen molar-refractivity contribution in [3.8, 4) is 22.3 Å². The van der Waals surface area contributed by atoms with E-state index in [4.69, 9.17) is 4.42 Å². The molecule has 0 atom stereocenters. The molecule has 0 spiro atoms. The Labute approximate surface area is 320 Å².